The quantitative estimate of drug-likeness (QED) is 0.128. The van der Waals surface area contributed by atoms with Gasteiger partial charge in [-0.05, 0) is 148 Å². The second kappa shape index (κ2) is 12.0. The Morgan fingerprint density at radius 2 is 1.00 bits per heavy atom. The molecule has 0 atom stereocenters. The lowest BCUT2D eigenvalue weighted by Crippen LogP contribution is -2.68. The maximum Gasteiger partial charge on any atom is 0.248 e. The van der Waals surface area contributed by atoms with Crippen LogP contribution >= 0.6 is 0 Å². The Morgan fingerprint density at radius 1 is 0.426 bits per heavy atom. The van der Waals surface area contributed by atoms with Gasteiger partial charge in [-0.3, -0.25) is 0 Å². The van der Waals surface area contributed by atoms with Crippen LogP contribution in [0.1, 0.15) is 47.2 Å². The Hall–Kier alpha value is -7.52. The van der Waals surface area contributed by atoms with E-state index < -0.39 is 31.8 Å². The van der Waals surface area contributed by atoms with Crippen molar-refractivity contribution in [3.63, 3.8) is 0 Å². The summed E-state index contributed by atoms with van der Waals surface area (Å²) in [5, 5.41) is 6.78. The highest BCUT2D eigenvalue weighted by molar-refractivity contribution is 7.93. The molecule has 1 aromatic heterocycles. The van der Waals surface area contributed by atoms with Gasteiger partial charge in [-0.15, -0.1) is 0 Å². The van der Waals surface area contributed by atoms with Gasteiger partial charge in [-0.2, -0.15) is 0 Å². The fourth-order valence-electron chi connectivity index (χ4n) is 14.0. The van der Waals surface area contributed by atoms with Crippen molar-refractivity contribution in [1.82, 2.24) is 4.57 Å². The number of sulfone groups is 2. The van der Waals surface area contributed by atoms with E-state index >= 15 is 0 Å². The van der Waals surface area contributed by atoms with Gasteiger partial charge in [0.15, 0.2) is 0 Å². The second-order valence-electron chi connectivity index (χ2n) is 19.8. The van der Waals surface area contributed by atoms with E-state index in [1.165, 1.54) is 33.0 Å². The zero-order valence-corrected chi connectivity index (χ0v) is 38.4. The molecule has 0 amide bonds. The Morgan fingerprint density at radius 3 is 1.72 bits per heavy atom. The van der Waals surface area contributed by atoms with Crippen LogP contribution in [0.4, 0.5) is 0 Å². The number of aromatic nitrogens is 1. The van der Waals surface area contributed by atoms with Crippen LogP contribution in [-0.4, -0.2) is 28.1 Å². The summed E-state index contributed by atoms with van der Waals surface area (Å²) >= 11 is 0. The van der Waals surface area contributed by atoms with Crippen LogP contribution < -0.4 is 16.4 Å². The highest BCUT2D eigenvalue weighted by Gasteiger charge is 2.59. The maximum absolute atomic E-state index is 15.0. The molecule has 5 nitrogen and oxygen atoms in total. The van der Waals surface area contributed by atoms with Gasteiger partial charge in [-0.1, -0.05) is 141 Å². The minimum absolute atomic E-state index is 0.0748. The first-order valence-corrected chi connectivity index (χ1v) is 26.2. The molecule has 1 spiro atoms. The molecule has 10 aromatic carbocycles. The fraction of sp³-hybridized carbons (Fsp3) is 0.0667. The minimum Gasteiger partial charge on any atom is -0.309 e. The van der Waals surface area contributed by atoms with E-state index in [-0.39, 0.29) is 25.0 Å². The number of benzene rings is 10. The average molecular weight is 910 g/mol. The van der Waals surface area contributed by atoms with Crippen LogP contribution in [0.2, 0.25) is 0 Å². The molecular formula is C60H36BNO4S2. The van der Waals surface area contributed by atoms with Crippen molar-refractivity contribution in [1.29, 1.82) is 0 Å². The minimum atomic E-state index is -4.11. The number of fused-ring (bicyclic) bond motifs is 10. The number of nitrogens with zero attached hydrogens (tertiary/aromatic N) is 1. The summed E-state index contributed by atoms with van der Waals surface area (Å²) in [5.74, 6) is 0. The van der Waals surface area contributed by atoms with Crippen LogP contribution in [-0.2, 0) is 30.5 Å². The zero-order chi connectivity index (χ0) is 45.4. The molecule has 8 heteroatoms. The fourth-order valence-corrected chi connectivity index (χ4v) is 17.6. The predicted octanol–water partition coefficient (Wildman–Crippen LogP) is 10.9. The molecule has 68 heavy (non-hydrogen) atoms. The molecule has 2 aliphatic carbocycles. The molecule has 16 rings (SSSR count). The van der Waals surface area contributed by atoms with E-state index in [2.05, 4.69) is 158 Å². The molecule has 0 saturated carbocycles. The smallest absolute Gasteiger partial charge is 0.248 e. The van der Waals surface area contributed by atoms with E-state index in [4.69, 9.17) is 0 Å². The van der Waals surface area contributed by atoms with Crippen molar-refractivity contribution >= 4 is 86.1 Å². The first kappa shape index (κ1) is 37.6. The molecule has 3 aliphatic heterocycles. The van der Waals surface area contributed by atoms with Crippen LogP contribution in [0.15, 0.2) is 202 Å². The van der Waals surface area contributed by atoms with Crippen molar-refractivity contribution in [3.05, 3.63) is 215 Å². The van der Waals surface area contributed by atoms with Gasteiger partial charge in [0.05, 0.1) is 36.0 Å². The Bertz CT molecular complexity index is 4400. The summed E-state index contributed by atoms with van der Waals surface area (Å²) < 4.78 is 62.2. The van der Waals surface area contributed by atoms with Gasteiger partial charge in [-0.25, -0.2) is 16.8 Å². The van der Waals surface area contributed by atoms with E-state index in [1.54, 1.807) is 30.3 Å². The monoisotopic (exact) mass is 909 g/mol. The van der Waals surface area contributed by atoms with E-state index in [9.17, 15) is 16.8 Å². The number of para-hydroxylation sites is 1. The predicted molar refractivity (Wildman–Crippen MR) is 273 cm³/mol. The van der Waals surface area contributed by atoms with Crippen molar-refractivity contribution in [2.24, 2.45) is 0 Å². The lowest BCUT2D eigenvalue weighted by atomic mass is 9.30. The number of hydrogen-bond acceptors (Lipinski definition) is 4. The van der Waals surface area contributed by atoms with Gasteiger partial charge < -0.3 is 4.57 Å². The Balaban J connectivity index is 0.979. The largest absolute Gasteiger partial charge is 0.309 e. The van der Waals surface area contributed by atoms with Gasteiger partial charge >= 0.3 is 0 Å². The summed E-state index contributed by atoms with van der Waals surface area (Å²) in [6.45, 7) is 4.08. The molecule has 0 radical (unpaired) electrons. The van der Waals surface area contributed by atoms with Crippen molar-refractivity contribution in [3.8, 4) is 27.9 Å². The van der Waals surface area contributed by atoms with Gasteiger partial charge in [0.25, 0.3) is 0 Å². The van der Waals surface area contributed by atoms with Crippen LogP contribution in [0, 0.1) is 0 Å². The lowest BCUT2D eigenvalue weighted by Gasteiger charge is -2.47. The SMILES string of the molecule is CC1(C)c2ccccc2-c2cc3c4ccccc4n(-c4ccc(-c5ccc6ccc7cccc8c7c6c5C85c6cccc7c6B6c8c5cccc8S(=O)(=O)c5cccc(c56)S7(=O)=O)cc4)c3cc21. The molecule has 0 N–H and O–H groups in total. The highest BCUT2D eigenvalue weighted by atomic mass is 32.2. The summed E-state index contributed by atoms with van der Waals surface area (Å²) in [6.07, 6.45) is 0. The highest BCUT2D eigenvalue weighted by Crippen LogP contribution is 2.60. The molecule has 0 fully saturated rings. The molecular weight excluding hydrogens is 874 g/mol. The molecule has 0 unspecified atom stereocenters. The molecule has 0 bridgehead atoms. The van der Waals surface area contributed by atoms with Crippen LogP contribution in [0.5, 0.6) is 0 Å². The van der Waals surface area contributed by atoms with Gasteiger partial charge in [0, 0.05) is 21.9 Å². The average Bonchev–Trinajstić information content (AvgIpc) is 3.94. The molecule has 0 saturated heterocycles. The molecule has 320 valence electrons. The van der Waals surface area contributed by atoms with Crippen molar-refractivity contribution in [2.45, 2.75) is 44.3 Å². The Labute approximate surface area is 392 Å². The summed E-state index contributed by atoms with van der Waals surface area (Å²) in [7, 11) is -8.21. The van der Waals surface area contributed by atoms with E-state index in [0.717, 1.165) is 71.6 Å². The summed E-state index contributed by atoms with van der Waals surface area (Å²) in [6, 6.07) is 62.5. The second-order valence-corrected chi connectivity index (χ2v) is 23.6. The van der Waals surface area contributed by atoms with Crippen LogP contribution in [0.25, 0.3) is 71.3 Å². The topological polar surface area (TPSA) is 73.2 Å². The molecule has 11 aromatic rings. The third-order valence-electron chi connectivity index (χ3n) is 16.6. The third-order valence-corrected chi connectivity index (χ3v) is 20.3. The summed E-state index contributed by atoms with van der Waals surface area (Å²) in [4.78, 5) is 0.639. The zero-order valence-electron chi connectivity index (χ0n) is 36.8. The van der Waals surface area contributed by atoms with Crippen molar-refractivity contribution in [2.75, 3.05) is 0 Å². The van der Waals surface area contributed by atoms with Gasteiger partial charge in [0.2, 0.25) is 26.4 Å². The standard InChI is InChI=1S/C60H36BNO4S2/c1-59(2)42-14-5-3-12-38(42)40-31-41-39-13-4-6-18-47(39)62(48(41)32-46(40)59)36-28-25-33(26-29-36)37-30-27-35-24-23-34-11-7-15-43-53(34)54(35)55(37)60(43)44-16-8-19-49-56(44)61-57-45(60)17-9-20-50(57)68(65,66)52-22-10-21-51(58(52)61)67(49,63)64/h3-32H,1-2H3. The Kier molecular flexibility index (Phi) is 6.60. The van der Waals surface area contributed by atoms with Crippen molar-refractivity contribution < 1.29 is 16.8 Å². The van der Waals surface area contributed by atoms with Crippen LogP contribution in [0.3, 0.4) is 0 Å². The first-order valence-electron chi connectivity index (χ1n) is 23.2. The normalized spacial score (nSPS) is 17.1. The first-order chi connectivity index (χ1) is 33.0. The number of hydrogen-bond donors (Lipinski definition) is 0. The summed E-state index contributed by atoms with van der Waals surface area (Å²) in [5.41, 5.74) is 15.0. The lowest BCUT2D eigenvalue weighted by molar-refractivity contribution is 0.594. The molecule has 4 heterocycles. The van der Waals surface area contributed by atoms with Gasteiger partial charge in [0.1, 0.15) is 0 Å². The van der Waals surface area contributed by atoms with E-state index in [1.807, 2.05) is 12.1 Å². The molecule has 5 aliphatic rings. The van der Waals surface area contributed by atoms with E-state index in [0.29, 0.717) is 16.4 Å². The number of rotatable bonds is 2. The maximum atomic E-state index is 15.0. The third kappa shape index (κ3) is 4.05.